The molecule has 2 aromatic heterocycles. The molecule has 0 aliphatic carbocycles. The molecule has 0 aliphatic heterocycles. The molecule has 31 heavy (non-hydrogen) atoms. The normalized spacial score (nSPS) is 12.5. The molecule has 0 fully saturated rings. The van der Waals surface area contributed by atoms with Crippen molar-refractivity contribution in [2.75, 3.05) is 20.6 Å². The highest BCUT2D eigenvalue weighted by Gasteiger charge is 2.15. The summed E-state index contributed by atoms with van der Waals surface area (Å²) in [5.74, 6) is -0.222. The number of nitrogens with zero attached hydrogens (tertiary/aromatic N) is 4. The molecule has 2 aromatic carbocycles. The number of fused-ring (bicyclic) bond motifs is 1. The van der Waals surface area contributed by atoms with E-state index in [1.165, 1.54) is 6.07 Å². The minimum atomic E-state index is -0.222. The fraction of sp³-hybridized carbons (Fsp3) is 0.240. The minimum absolute atomic E-state index is 0.184. The summed E-state index contributed by atoms with van der Waals surface area (Å²) in [7, 11) is 4.06. The van der Waals surface area contributed by atoms with Gasteiger partial charge in [-0.3, -0.25) is 4.98 Å². The van der Waals surface area contributed by atoms with Gasteiger partial charge in [0, 0.05) is 28.8 Å². The van der Waals surface area contributed by atoms with Gasteiger partial charge in [0.2, 0.25) is 0 Å². The Kier molecular flexibility index (Phi) is 6.02. The molecule has 0 saturated heterocycles. The van der Waals surface area contributed by atoms with Gasteiger partial charge in [0.25, 0.3) is 0 Å². The highest BCUT2D eigenvalue weighted by atomic mass is 19.1. The van der Waals surface area contributed by atoms with Gasteiger partial charge in [0.1, 0.15) is 12.1 Å². The third-order valence-corrected chi connectivity index (χ3v) is 5.45. The summed E-state index contributed by atoms with van der Waals surface area (Å²) in [5.41, 5.74) is 12.4. The third kappa shape index (κ3) is 4.45. The summed E-state index contributed by atoms with van der Waals surface area (Å²) < 4.78 is 13.8. The zero-order chi connectivity index (χ0) is 22.0. The lowest BCUT2D eigenvalue weighted by atomic mass is 9.96. The number of nitrogens with two attached hydrogens (primary N) is 1. The molecule has 4 rings (SSSR count). The van der Waals surface area contributed by atoms with E-state index in [1.54, 1.807) is 25.5 Å². The Morgan fingerprint density at radius 3 is 2.58 bits per heavy atom. The zero-order valence-electron chi connectivity index (χ0n) is 18.0. The average molecular weight is 416 g/mol. The van der Waals surface area contributed by atoms with E-state index in [1.807, 2.05) is 44.4 Å². The molecule has 0 aliphatic rings. The van der Waals surface area contributed by atoms with Crippen molar-refractivity contribution in [3.05, 3.63) is 78.1 Å². The van der Waals surface area contributed by atoms with E-state index in [0.29, 0.717) is 5.56 Å². The van der Waals surface area contributed by atoms with Crippen LogP contribution in [0.25, 0.3) is 33.3 Å². The number of aromatic nitrogens is 3. The van der Waals surface area contributed by atoms with Crippen molar-refractivity contribution < 1.29 is 4.39 Å². The Morgan fingerprint density at radius 2 is 1.81 bits per heavy atom. The van der Waals surface area contributed by atoms with Crippen LogP contribution in [0.2, 0.25) is 0 Å². The molecule has 4 aromatic rings. The van der Waals surface area contributed by atoms with Crippen molar-refractivity contribution in [3.8, 4) is 22.4 Å². The zero-order valence-corrected chi connectivity index (χ0v) is 18.0. The van der Waals surface area contributed by atoms with Crippen molar-refractivity contribution in [1.82, 2.24) is 19.9 Å². The van der Waals surface area contributed by atoms with Crippen molar-refractivity contribution in [2.24, 2.45) is 5.73 Å². The molecule has 0 spiro atoms. The maximum Gasteiger partial charge on any atom is 0.126 e. The molecular weight excluding hydrogens is 389 g/mol. The first kappa shape index (κ1) is 21.0. The van der Waals surface area contributed by atoms with Gasteiger partial charge in [0.15, 0.2) is 0 Å². The first-order valence-electron chi connectivity index (χ1n) is 10.3. The van der Waals surface area contributed by atoms with Gasteiger partial charge in [-0.1, -0.05) is 12.1 Å². The van der Waals surface area contributed by atoms with Crippen molar-refractivity contribution in [2.45, 2.75) is 19.4 Å². The monoisotopic (exact) mass is 415 g/mol. The molecule has 0 saturated carbocycles. The van der Waals surface area contributed by atoms with E-state index in [2.05, 4.69) is 25.9 Å². The van der Waals surface area contributed by atoms with Crippen LogP contribution in [0.1, 0.15) is 23.7 Å². The highest BCUT2D eigenvalue weighted by Crippen LogP contribution is 2.33. The van der Waals surface area contributed by atoms with Crippen LogP contribution in [0.15, 0.2) is 61.1 Å². The number of pyridine rings is 1. The lowest BCUT2D eigenvalue weighted by Gasteiger charge is -2.17. The maximum absolute atomic E-state index is 13.8. The Labute approximate surface area is 181 Å². The van der Waals surface area contributed by atoms with Gasteiger partial charge in [-0.25, -0.2) is 14.4 Å². The number of aryl methyl sites for hydroxylation is 1. The summed E-state index contributed by atoms with van der Waals surface area (Å²) in [6, 6.07) is 14.9. The molecule has 1 unspecified atom stereocenters. The smallest absolute Gasteiger partial charge is 0.126 e. The van der Waals surface area contributed by atoms with Gasteiger partial charge in [-0.15, -0.1) is 0 Å². The Bertz CT molecular complexity index is 1220. The third-order valence-electron chi connectivity index (χ3n) is 5.45. The number of hydrogen-bond acceptors (Lipinski definition) is 5. The number of rotatable bonds is 6. The van der Waals surface area contributed by atoms with E-state index in [0.717, 1.165) is 51.9 Å². The number of halogens is 1. The number of hydrogen-bond donors (Lipinski definition) is 1. The first-order chi connectivity index (χ1) is 14.9. The number of benzene rings is 2. The molecule has 2 N–H and O–H groups in total. The minimum Gasteiger partial charge on any atom is -0.323 e. The van der Waals surface area contributed by atoms with E-state index in [4.69, 9.17) is 5.73 Å². The van der Waals surface area contributed by atoms with Crippen LogP contribution in [0, 0.1) is 12.7 Å². The van der Waals surface area contributed by atoms with E-state index >= 15 is 0 Å². The summed E-state index contributed by atoms with van der Waals surface area (Å²) in [4.78, 5) is 15.6. The van der Waals surface area contributed by atoms with Crippen molar-refractivity contribution in [1.29, 1.82) is 0 Å². The lowest BCUT2D eigenvalue weighted by Crippen LogP contribution is -2.21. The van der Waals surface area contributed by atoms with Crippen LogP contribution in [0.5, 0.6) is 0 Å². The summed E-state index contributed by atoms with van der Waals surface area (Å²) in [6.45, 7) is 2.64. The van der Waals surface area contributed by atoms with Gasteiger partial charge in [-0.05, 0) is 81.5 Å². The van der Waals surface area contributed by atoms with E-state index < -0.39 is 0 Å². The Hall–Kier alpha value is -3.22. The quantitative estimate of drug-likeness (QED) is 0.492. The van der Waals surface area contributed by atoms with Crippen LogP contribution >= 0.6 is 0 Å². The predicted molar refractivity (Wildman–Crippen MR) is 123 cm³/mol. The highest BCUT2D eigenvalue weighted by molar-refractivity contribution is 5.89. The van der Waals surface area contributed by atoms with Crippen LogP contribution in [-0.2, 0) is 0 Å². The van der Waals surface area contributed by atoms with E-state index in [-0.39, 0.29) is 11.9 Å². The van der Waals surface area contributed by atoms with Crippen LogP contribution < -0.4 is 5.73 Å². The summed E-state index contributed by atoms with van der Waals surface area (Å²) in [5, 5.41) is 0.941. The molecule has 1 atom stereocenters. The van der Waals surface area contributed by atoms with Crippen molar-refractivity contribution >= 4 is 10.9 Å². The van der Waals surface area contributed by atoms with Crippen LogP contribution in [0.4, 0.5) is 4.39 Å². The topological polar surface area (TPSA) is 67.9 Å². The second kappa shape index (κ2) is 8.88. The van der Waals surface area contributed by atoms with Gasteiger partial charge in [-0.2, -0.15) is 0 Å². The Morgan fingerprint density at radius 1 is 1.00 bits per heavy atom. The second-order valence-electron chi connectivity index (χ2n) is 8.05. The summed E-state index contributed by atoms with van der Waals surface area (Å²) in [6.07, 6.45) is 4.13. The molecule has 6 heteroatoms. The van der Waals surface area contributed by atoms with Crippen LogP contribution in [-0.4, -0.2) is 40.5 Å². The molecular formula is C25H26FN5. The standard InChI is InChI=1S/C25H26FN5/c1-16-13-18(6-8-21(16)26)24-19(5-4-11-28-24)17-7-9-23-20(14-17)25(30-15-29-23)22(27)10-12-31(2)3/h4-9,11,13-15,22H,10,12,27H2,1-3H3. The van der Waals surface area contributed by atoms with Crippen LogP contribution in [0.3, 0.4) is 0 Å². The predicted octanol–water partition coefficient (Wildman–Crippen LogP) is 4.76. The largest absolute Gasteiger partial charge is 0.323 e. The fourth-order valence-corrected chi connectivity index (χ4v) is 3.73. The summed E-state index contributed by atoms with van der Waals surface area (Å²) >= 11 is 0. The molecule has 2 heterocycles. The van der Waals surface area contributed by atoms with Gasteiger partial charge < -0.3 is 10.6 Å². The molecule has 5 nitrogen and oxygen atoms in total. The SMILES string of the molecule is Cc1cc(-c2ncccc2-c2ccc3ncnc(C(N)CCN(C)C)c3c2)ccc1F. The molecule has 0 bridgehead atoms. The Balaban J connectivity index is 1.81. The average Bonchev–Trinajstić information content (AvgIpc) is 2.78. The fourth-order valence-electron chi connectivity index (χ4n) is 3.73. The maximum atomic E-state index is 13.8. The molecule has 0 amide bonds. The van der Waals surface area contributed by atoms with Gasteiger partial charge in [0.05, 0.1) is 16.9 Å². The molecule has 0 radical (unpaired) electrons. The van der Waals surface area contributed by atoms with E-state index in [9.17, 15) is 4.39 Å². The first-order valence-corrected chi connectivity index (χ1v) is 10.3. The second-order valence-corrected chi connectivity index (χ2v) is 8.05. The lowest BCUT2D eigenvalue weighted by molar-refractivity contribution is 0.381. The van der Waals surface area contributed by atoms with Gasteiger partial charge >= 0.3 is 0 Å². The van der Waals surface area contributed by atoms with Crippen molar-refractivity contribution in [3.63, 3.8) is 0 Å². The molecule has 158 valence electrons.